The van der Waals surface area contributed by atoms with Gasteiger partial charge in [-0.1, -0.05) is 140 Å². The standard InChI is InChI=1S/C45H28N4S/c1-3-12-29(13-4-1)30-22-24-32(25-23-30)44-46-43(31-14-5-2-6-15-31)47-45(48-44)33-16-11-17-34(28-33)49-38-20-9-7-19-37(38)41-39(49)27-26-36-35-18-8-10-21-40(35)50-42(36)41/h1-28H. The number of hydrogen-bond acceptors (Lipinski definition) is 4. The number of thiophene rings is 1. The van der Waals surface area contributed by atoms with E-state index in [0.717, 1.165) is 27.9 Å². The van der Waals surface area contributed by atoms with Crippen LogP contribution in [0, 0.1) is 0 Å². The second-order valence-electron chi connectivity index (χ2n) is 12.5. The molecule has 0 amide bonds. The van der Waals surface area contributed by atoms with Crippen molar-refractivity contribution in [2.24, 2.45) is 0 Å². The fourth-order valence-corrected chi connectivity index (χ4v) is 8.35. The molecule has 0 spiro atoms. The van der Waals surface area contributed by atoms with Crippen LogP contribution in [0.2, 0.25) is 0 Å². The quantitative estimate of drug-likeness (QED) is 0.185. The van der Waals surface area contributed by atoms with Crippen molar-refractivity contribution in [3.63, 3.8) is 0 Å². The van der Waals surface area contributed by atoms with Crippen LogP contribution in [0.4, 0.5) is 0 Å². The molecule has 0 saturated carbocycles. The summed E-state index contributed by atoms with van der Waals surface area (Å²) in [4.78, 5) is 15.1. The molecule has 5 heteroatoms. The lowest BCUT2D eigenvalue weighted by atomic mass is 10.0. The van der Waals surface area contributed by atoms with Gasteiger partial charge in [0.05, 0.1) is 11.0 Å². The summed E-state index contributed by atoms with van der Waals surface area (Å²) in [6.45, 7) is 0. The molecule has 10 aromatic rings. The highest BCUT2D eigenvalue weighted by Gasteiger charge is 2.18. The third-order valence-electron chi connectivity index (χ3n) is 9.46. The van der Waals surface area contributed by atoms with Crippen molar-refractivity contribution < 1.29 is 0 Å². The molecule has 3 heterocycles. The molecule has 50 heavy (non-hydrogen) atoms. The van der Waals surface area contributed by atoms with E-state index in [1.165, 1.54) is 47.5 Å². The Bertz CT molecular complexity index is 2850. The van der Waals surface area contributed by atoms with Crippen molar-refractivity contribution in [3.8, 4) is 51.0 Å². The van der Waals surface area contributed by atoms with Crippen LogP contribution in [0.3, 0.4) is 0 Å². The third-order valence-corrected chi connectivity index (χ3v) is 10.7. The molecule has 0 bridgehead atoms. The van der Waals surface area contributed by atoms with E-state index >= 15 is 0 Å². The highest BCUT2D eigenvalue weighted by molar-refractivity contribution is 7.26. The monoisotopic (exact) mass is 656 g/mol. The second-order valence-corrected chi connectivity index (χ2v) is 13.5. The summed E-state index contributed by atoms with van der Waals surface area (Å²) in [7, 11) is 0. The zero-order valence-electron chi connectivity index (χ0n) is 26.9. The molecule has 0 N–H and O–H groups in total. The van der Waals surface area contributed by atoms with Crippen LogP contribution in [0.1, 0.15) is 0 Å². The highest BCUT2D eigenvalue weighted by atomic mass is 32.1. The van der Waals surface area contributed by atoms with E-state index in [1.54, 1.807) is 0 Å². The Morgan fingerprint density at radius 2 is 0.940 bits per heavy atom. The Morgan fingerprint density at radius 1 is 0.380 bits per heavy atom. The molecule has 3 aromatic heterocycles. The van der Waals surface area contributed by atoms with Gasteiger partial charge in [0.25, 0.3) is 0 Å². The first-order valence-electron chi connectivity index (χ1n) is 16.7. The molecule has 0 aliphatic rings. The summed E-state index contributed by atoms with van der Waals surface area (Å²) in [5.74, 6) is 1.92. The SMILES string of the molecule is c1ccc(-c2ccc(-c3nc(-c4ccccc4)nc(-c4cccc(-n5c6ccccc6c6c7sc8ccccc8c7ccc65)c4)n3)cc2)cc1. The van der Waals surface area contributed by atoms with Gasteiger partial charge in [-0.15, -0.1) is 11.3 Å². The van der Waals surface area contributed by atoms with Crippen LogP contribution >= 0.6 is 11.3 Å². The van der Waals surface area contributed by atoms with Gasteiger partial charge >= 0.3 is 0 Å². The Balaban J connectivity index is 1.14. The van der Waals surface area contributed by atoms with Gasteiger partial charge in [-0.05, 0) is 41.5 Å². The molecular formula is C45H28N4S. The van der Waals surface area contributed by atoms with Gasteiger partial charge in [-0.2, -0.15) is 0 Å². The molecule has 0 radical (unpaired) electrons. The second kappa shape index (κ2) is 11.6. The summed E-state index contributed by atoms with van der Waals surface area (Å²) in [6.07, 6.45) is 0. The number of para-hydroxylation sites is 1. The molecule has 0 atom stereocenters. The first kappa shape index (κ1) is 28.6. The molecule has 7 aromatic carbocycles. The average Bonchev–Trinajstić information content (AvgIpc) is 3.74. The lowest BCUT2D eigenvalue weighted by Crippen LogP contribution is -2.01. The minimum absolute atomic E-state index is 0.635. The number of nitrogens with zero attached hydrogens (tertiary/aromatic N) is 4. The van der Waals surface area contributed by atoms with E-state index in [9.17, 15) is 0 Å². The van der Waals surface area contributed by atoms with Crippen LogP contribution in [0.5, 0.6) is 0 Å². The Labute approximate surface area is 292 Å². The van der Waals surface area contributed by atoms with Crippen LogP contribution in [0.25, 0.3) is 93.0 Å². The van der Waals surface area contributed by atoms with Crippen molar-refractivity contribution in [1.82, 2.24) is 19.5 Å². The van der Waals surface area contributed by atoms with E-state index in [4.69, 9.17) is 15.0 Å². The van der Waals surface area contributed by atoms with Gasteiger partial charge in [0.2, 0.25) is 0 Å². The molecule has 10 rings (SSSR count). The number of fused-ring (bicyclic) bond motifs is 7. The molecular weight excluding hydrogens is 629 g/mol. The number of rotatable bonds is 5. The summed E-state index contributed by atoms with van der Waals surface area (Å²) >= 11 is 1.87. The normalized spacial score (nSPS) is 11.6. The zero-order chi connectivity index (χ0) is 33.0. The predicted molar refractivity (Wildman–Crippen MR) is 209 cm³/mol. The lowest BCUT2D eigenvalue weighted by molar-refractivity contribution is 1.07. The number of benzene rings is 7. The van der Waals surface area contributed by atoms with Gasteiger partial charge in [0.15, 0.2) is 17.5 Å². The Kier molecular flexibility index (Phi) is 6.64. The van der Waals surface area contributed by atoms with Gasteiger partial charge in [0.1, 0.15) is 0 Å². The minimum Gasteiger partial charge on any atom is -0.309 e. The summed E-state index contributed by atoms with van der Waals surface area (Å²) < 4.78 is 5.01. The zero-order valence-corrected chi connectivity index (χ0v) is 27.7. The van der Waals surface area contributed by atoms with E-state index in [-0.39, 0.29) is 0 Å². The van der Waals surface area contributed by atoms with Crippen LogP contribution in [-0.4, -0.2) is 19.5 Å². The van der Waals surface area contributed by atoms with Gasteiger partial charge < -0.3 is 4.57 Å². The van der Waals surface area contributed by atoms with Gasteiger partial charge in [-0.25, -0.2) is 15.0 Å². The van der Waals surface area contributed by atoms with Crippen molar-refractivity contribution >= 4 is 53.3 Å². The number of hydrogen-bond donors (Lipinski definition) is 0. The van der Waals surface area contributed by atoms with Crippen molar-refractivity contribution in [2.75, 3.05) is 0 Å². The van der Waals surface area contributed by atoms with Crippen LogP contribution in [-0.2, 0) is 0 Å². The van der Waals surface area contributed by atoms with E-state index in [2.05, 4.69) is 138 Å². The highest BCUT2D eigenvalue weighted by Crippen LogP contribution is 2.43. The maximum atomic E-state index is 5.08. The molecule has 0 aliphatic carbocycles. The summed E-state index contributed by atoms with van der Waals surface area (Å²) in [5.41, 5.74) is 8.56. The molecule has 234 valence electrons. The first-order chi connectivity index (χ1) is 24.8. The van der Waals surface area contributed by atoms with Crippen LogP contribution in [0.15, 0.2) is 170 Å². The molecule has 0 unspecified atom stereocenters. The fourth-order valence-electron chi connectivity index (χ4n) is 7.09. The maximum absolute atomic E-state index is 5.08. The van der Waals surface area contributed by atoms with Crippen molar-refractivity contribution in [3.05, 3.63) is 170 Å². The first-order valence-corrected chi connectivity index (χ1v) is 17.5. The van der Waals surface area contributed by atoms with Gasteiger partial charge in [-0.3, -0.25) is 0 Å². The van der Waals surface area contributed by atoms with Crippen molar-refractivity contribution in [2.45, 2.75) is 0 Å². The minimum atomic E-state index is 0.635. The topological polar surface area (TPSA) is 43.6 Å². The molecule has 0 saturated heterocycles. The summed E-state index contributed by atoms with van der Waals surface area (Å²) in [6, 6.07) is 59.5. The molecule has 0 fully saturated rings. The average molecular weight is 657 g/mol. The van der Waals surface area contributed by atoms with E-state index in [0.29, 0.717) is 17.5 Å². The van der Waals surface area contributed by atoms with Crippen LogP contribution < -0.4 is 0 Å². The lowest BCUT2D eigenvalue weighted by Gasteiger charge is -2.12. The Hall–Kier alpha value is -6.43. The maximum Gasteiger partial charge on any atom is 0.164 e. The van der Waals surface area contributed by atoms with Crippen molar-refractivity contribution in [1.29, 1.82) is 0 Å². The Morgan fingerprint density at radius 3 is 1.70 bits per heavy atom. The summed E-state index contributed by atoms with van der Waals surface area (Å²) in [5, 5.41) is 5.15. The van der Waals surface area contributed by atoms with Gasteiger partial charge in [0, 0.05) is 53.3 Å². The largest absolute Gasteiger partial charge is 0.309 e. The van der Waals surface area contributed by atoms with E-state index < -0.39 is 0 Å². The predicted octanol–water partition coefficient (Wildman–Crippen LogP) is 12.0. The smallest absolute Gasteiger partial charge is 0.164 e. The van der Waals surface area contributed by atoms with E-state index in [1.807, 2.05) is 47.7 Å². The number of aromatic nitrogens is 4. The molecule has 0 aliphatic heterocycles. The fraction of sp³-hybridized carbons (Fsp3) is 0. The third kappa shape index (κ3) is 4.71. The molecule has 4 nitrogen and oxygen atoms in total.